The van der Waals surface area contributed by atoms with Gasteiger partial charge < -0.3 is 28.4 Å². The predicted molar refractivity (Wildman–Crippen MR) is 148 cm³/mol. The van der Waals surface area contributed by atoms with Gasteiger partial charge in [-0.1, -0.05) is 35.9 Å². The number of rotatable bonds is 9. The molecule has 0 bridgehead atoms. The first-order chi connectivity index (χ1) is 19.7. The average molecular weight is 605 g/mol. The van der Waals surface area contributed by atoms with Crippen molar-refractivity contribution in [2.75, 3.05) is 6.61 Å². The lowest BCUT2D eigenvalue weighted by atomic mass is 9.80. The number of hydrogen-bond acceptors (Lipinski definition) is 11. The summed E-state index contributed by atoms with van der Waals surface area (Å²) in [6.45, 7) is 7.31. The van der Waals surface area contributed by atoms with Gasteiger partial charge in [-0.2, -0.15) is 0 Å². The van der Waals surface area contributed by atoms with Gasteiger partial charge in [-0.25, -0.2) is 0 Å². The standard InChI is InChI=1S/C30H33ClO11/c1-16(32)37-15-26-27(39-18(3)34)28(40-19(4)35)29(41-20(5)36)30(6,42-26)23-9-12-25(31)22(14-23)13-21-7-10-24(11-8-21)38-17(2)33/h7-12,14,26-29H,13,15H2,1-6H3/t26-,27-,28+,29-,30?/m1/s1. The van der Waals surface area contributed by atoms with Crippen LogP contribution in [0.2, 0.25) is 5.02 Å². The molecule has 42 heavy (non-hydrogen) atoms. The lowest BCUT2D eigenvalue weighted by Gasteiger charge is -2.50. The molecular formula is C30H33ClO11. The van der Waals surface area contributed by atoms with Crippen molar-refractivity contribution in [3.63, 3.8) is 0 Å². The van der Waals surface area contributed by atoms with Crippen LogP contribution in [0.25, 0.3) is 0 Å². The molecule has 0 saturated carbocycles. The van der Waals surface area contributed by atoms with Gasteiger partial charge in [0.05, 0.1) is 0 Å². The molecule has 1 aliphatic rings. The first-order valence-electron chi connectivity index (χ1n) is 13.1. The Labute approximate surface area is 248 Å². The highest BCUT2D eigenvalue weighted by Gasteiger charge is 2.58. The lowest BCUT2D eigenvalue weighted by Crippen LogP contribution is -2.65. The molecule has 0 aromatic heterocycles. The quantitative estimate of drug-likeness (QED) is 0.234. The van der Waals surface area contributed by atoms with Gasteiger partial charge in [0.1, 0.15) is 24.1 Å². The van der Waals surface area contributed by atoms with E-state index in [1.165, 1.54) is 20.8 Å². The third-order valence-corrected chi connectivity index (χ3v) is 6.84. The molecule has 1 aliphatic heterocycles. The van der Waals surface area contributed by atoms with Gasteiger partial charge in [-0.3, -0.25) is 24.0 Å². The van der Waals surface area contributed by atoms with Crippen LogP contribution in [-0.4, -0.2) is 60.9 Å². The minimum atomic E-state index is -1.49. The van der Waals surface area contributed by atoms with E-state index >= 15 is 0 Å². The van der Waals surface area contributed by atoms with E-state index in [1.54, 1.807) is 49.4 Å². The minimum Gasteiger partial charge on any atom is -0.463 e. The molecule has 0 aliphatic carbocycles. The van der Waals surface area contributed by atoms with Crippen LogP contribution in [0.1, 0.15) is 58.2 Å². The summed E-state index contributed by atoms with van der Waals surface area (Å²) >= 11 is 6.56. The molecule has 1 heterocycles. The van der Waals surface area contributed by atoms with Crippen molar-refractivity contribution in [2.45, 2.75) is 78.0 Å². The zero-order valence-corrected chi connectivity index (χ0v) is 24.9. The fourth-order valence-corrected chi connectivity index (χ4v) is 4.98. The third-order valence-electron chi connectivity index (χ3n) is 6.47. The van der Waals surface area contributed by atoms with Crippen LogP contribution in [0.4, 0.5) is 0 Å². The van der Waals surface area contributed by atoms with E-state index in [2.05, 4.69) is 0 Å². The fraction of sp³-hybridized carbons (Fsp3) is 0.433. The maximum Gasteiger partial charge on any atom is 0.308 e. The van der Waals surface area contributed by atoms with Gasteiger partial charge in [-0.05, 0) is 48.2 Å². The second kappa shape index (κ2) is 13.8. The normalized spacial score (nSPS) is 23.3. The molecule has 5 atom stereocenters. The summed E-state index contributed by atoms with van der Waals surface area (Å²) in [7, 11) is 0. The molecule has 1 fully saturated rings. The molecule has 1 unspecified atom stereocenters. The van der Waals surface area contributed by atoms with Gasteiger partial charge in [0.2, 0.25) is 0 Å². The summed E-state index contributed by atoms with van der Waals surface area (Å²) in [5.74, 6) is -2.78. The molecule has 0 amide bonds. The molecule has 2 aromatic rings. The summed E-state index contributed by atoms with van der Waals surface area (Å²) in [5.41, 5.74) is 0.544. The van der Waals surface area contributed by atoms with Crippen molar-refractivity contribution >= 4 is 41.4 Å². The Morgan fingerprint density at radius 1 is 0.786 bits per heavy atom. The van der Waals surface area contributed by atoms with Gasteiger partial charge in [-0.15, -0.1) is 0 Å². The summed E-state index contributed by atoms with van der Waals surface area (Å²) in [4.78, 5) is 59.4. The summed E-state index contributed by atoms with van der Waals surface area (Å²) in [6, 6.07) is 12.0. The van der Waals surface area contributed by atoms with Crippen LogP contribution >= 0.6 is 11.6 Å². The van der Waals surface area contributed by atoms with E-state index in [4.69, 9.17) is 40.0 Å². The van der Waals surface area contributed by atoms with Crippen LogP contribution in [0.5, 0.6) is 5.75 Å². The van der Waals surface area contributed by atoms with E-state index < -0.39 is 59.9 Å². The zero-order valence-electron chi connectivity index (χ0n) is 24.1. The van der Waals surface area contributed by atoms with Crippen LogP contribution in [-0.2, 0) is 59.7 Å². The Balaban J connectivity index is 2.09. The molecular weight excluding hydrogens is 572 g/mol. The topological polar surface area (TPSA) is 141 Å². The van der Waals surface area contributed by atoms with Crippen LogP contribution in [0.3, 0.4) is 0 Å². The lowest BCUT2D eigenvalue weighted by molar-refractivity contribution is -0.285. The summed E-state index contributed by atoms with van der Waals surface area (Å²) in [5, 5.41) is 0.442. The Hall–Kier alpha value is -3.96. The number of esters is 5. The highest BCUT2D eigenvalue weighted by atomic mass is 35.5. The molecule has 12 heteroatoms. The van der Waals surface area contributed by atoms with Crippen molar-refractivity contribution in [1.82, 2.24) is 0 Å². The second-order valence-electron chi connectivity index (χ2n) is 9.96. The Kier molecular flexibility index (Phi) is 10.7. The molecule has 0 radical (unpaired) electrons. The number of ether oxygens (including phenoxy) is 6. The summed E-state index contributed by atoms with van der Waals surface area (Å²) < 4.78 is 33.4. The third kappa shape index (κ3) is 8.29. The second-order valence-corrected chi connectivity index (χ2v) is 10.4. The van der Waals surface area contributed by atoms with E-state index in [9.17, 15) is 24.0 Å². The number of halogens is 1. The largest absolute Gasteiger partial charge is 0.463 e. The minimum absolute atomic E-state index is 0.345. The summed E-state index contributed by atoms with van der Waals surface area (Å²) in [6.07, 6.45) is -4.60. The maximum absolute atomic E-state index is 12.3. The smallest absolute Gasteiger partial charge is 0.308 e. The Bertz CT molecular complexity index is 1340. The van der Waals surface area contributed by atoms with Crippen molar-refractivity contribution in [2.24, 2.45) is 0 Å². The van der Waals surface area contributed by atoms with Crippen LogP contribution < -0.4 is 4.74 Å². The fourth-order valence-electron chi connectivity index (χ4n) is 4.80. The predicted octanol–water partition coefficient (Wildman–Crippen LogP) is 3.83. The Morgan fingerprint density at radius 2 is 1.38 bits per heavy atom. The van der Waals surface area contributed by atoms with Gasteiger partial charge in [0.25, 0.3) is 0 Å². The molecule has 226 valence electrons. The van der Waals surface area contributed by atoms with Crippen molar-refractivity contribution < 1.29 is 52.4 Å². The van der Waals surface area contributed by atoms with Gasteiger partial charge in [0, 0.05) is 39.6 Å². The van der Waals surface area contributed by atoms with Crippen LogP contribution in [0, 0.1) is 0 Å². The SMILES string of the molecule is CC(=O)OC[C@H]1OC(C)(c2ccc(Cl)c(Cc3ccc(OC(C)=O)cc3)c2)[C@H](OC(C)=O)[C@@H](OC(C)=O)[C@@H]1OC(C)=O. The van der Waals surface area contributed by atoms with Gasteiger partial charge in [0.15, 0.2) is 18.3 Å². The highest BCUT2D eigenvalue weighted by molar-refractivity contribution is 6.31. The molecule has 2 aromatic carbocycles. The van der Waals surface area contributed by atoms with Crippen molar-refractivity contribution in [1.29, 1.82) is 0 Å². The number of carbonyl (C=O) groups is 5. The Morgan fingerprint density at radius 3 is 1.93 bits per heavy atom. The van der Waals surface area contributed by atoms with Crippen molar-refractivity contribution in [3.8, 4) is 5.75 Å². The van der Waals surface area contributed by atoms with Crippen LogP contribution in [0.15, 0.2) is 42.5 Å². The molecule has 3 rings (SSSR count). The molecule has 0 spiro atoms. The highest BCUT2D eigenvalue weighted by Crippen LogP contribution is 2.43. The molecule has 0 N–H and O–H groups in total. The molecule has 1 saturated heterocycles. The average Bonchev–Trinajstić information content (AvgIpc) is 2.88. The van der Waals surface area contributed by atoms with E-state index in [-0.39, 0.29) is 6.61 Å². The van der Waals surface area contributed by atoms with E-state index in [1.807, 2.05) is 0 Å². The first kappa shape index (κ1) is 32.6. The monoisotopic (exact) mass is 604 g/mol. The maximum atomic E-state index is 12.3. The van der Waals surface area contributed by atoms with Gasteiger partial charge >= 0.3 is 29.8 Å². The van der Waals surface area contributed by atoms with Crippen molar-refractivity contribution in [3.05, 3.63) is 64.2 Å². The number of hydrogen-bond donors (Lipinski definition) is 0. The molecule has 11 nitrogen and oxygen atoms in total. The first-order valence-corrected chi connectivity index (χ1v) is 13.5. The zero-order chi connectivity index (χ0) is 31.2. The van der Waals surface area contributed by atoms with E-state index in [0.29, 0.717) is 28.3 Å². The number of benzene rings is 2. The number of carbonyl (C=O) groups excluding carboxylic acids is 5. The van der Waals surface area contributed by atoms with E-state index in [0.717, 1.165) is 19.4 Å².